The molecule has 0 bridgehead atoms. The molecule has 0 heterocycles. The normalized spacial score (nSPS) is 17.3. The molecule has 1 atom stereocenters. The van der Waals surface area contributed by atoms with Crippen LogP contribution in [0.2, 0.25) is 5.02 Å². The number of carbonyl (C=O) groups is 1. The van der Waals surface area contributed by atoms with Gasteiger partial charge in [-0.2, -0.15) is 0 Å². The van der Waals surface area contributed by atoms with Crippen LogP contribution in [0, 0.1) is 0 Å². The fourth-order valence-corrected chi connectivity index (χ4v) is 5.62. The number of carbonyl (C=O) groups excluding carboxylic acids is 1. The van der Waals surface area contributed by atoms with Crippen LogP contribution in [0.4, 0.5) is 0 Å². The number of benzene rings is 1. The number of rotatable bonds is 8. The first-order valence-corrected chi connectivity index (χ1v) is 10.7. The van der Waals surface area contributed by atoms with E-state index in [0.29, 0.717) is 24.4 Å². The lowest BCUT2D eigenvalue weighted by Gasteiger charge is -2.30. The zero-order valence-electron chi connectivity index (χ0n) is 15.0. The Kier molecular flexibility index (Phi) is 8.86. The van der Waals surface area contributed by atoms with E-state index in [1.807, 2.05) is 0 Å². The average Bonchev–Trinajstić information content (AvgIpc) is 3.10. The zero-order valence-corrected chi connectivity index (χ0v) is 17.4. The van der Waals surface area contributed by atoms with Gasteiger partial charge in [-0.3, -0.25) is 4.79 Å². The molecule has 0 aromatic heterocycles. The number of nitrogens with two attached hydrogens (primary N) is 1. The van der Waals surface area contributed by atoms with Gasteiger partial charge < -0.3 is 11.1 Å². The van der Waals surface area contributed by atoms with Crippen molar-refractivity contribution >= 4 is 39.8 Å². The van der Waals surface area contributed by atoms with Crippen molar-refractivity contribution < 1.29 is 13.2 Å². The minimum Gasteiger partial charge on any atom is -0.351 e. The Morgan fingerprint density at radius 1 is 1.27 bits per heavy atom. The summed E-state index contributed by atoms with van der Waals surface area (Å²) in [6, 6.07) is 5.84. The molecule has 1 aromatic carbocycles. The van der Waals surface area contributed by atoms with Crippen LogP contribution in [0.15, 0.2) is 29.2 Å². The number of amides is 1. The van der Waals surface area contributed by atoms with E-state index in [1.54, 1.807) is 12.1 Å². The number of halogens is 2. The van der Waals surface area contributed by atoms with E-state index in [9.17, 15) is 13.2 Å². The van der Waals surface area contributed by atoms with Crippen LogP contribution in [-0.4, -0.2) is 31.7 Å². The maximum atomic E-state index is 13.3. The van der Waals surface area contributed by atoms with Crippen molar-refractivity contribution in [2.45, 2.75) is 67.6 Å². The van der Waals surface area contributed by atoms with E-state index in [-0.39, 0.29) is 23.3 Å². The molecule has 0 spiro atoms. The summed E-state index contributed by atoms with van der Waals surface area (Å²) < 4.78 is 25.1. The van der Waals surface area contributed by atoms with Crippen molar-refractivity contribution in [3.63, 3.8) is 0 Å². The summed E-state index contributed by atoms with van der Waals surface area (Å²) in [4.78, 5) is 13.2. The molecule has 0 saturated heterocycles. The van der Waals surface area contributed by atoms with E-state index in [2.05, 4.69) is 12.2 Å². The van der Waals surface area contributed by atoms with Crippen LogP contribution < -0.4 is 11.1 Å². The van der Waals surface area contributed by atoms with E-state index < -0.39 is 20.5 Å². The average molecular weight is 423 g/mol. The second-order valence-electron chi connectivity index (χ2n) is 6.71. The van der Waals surface area contributed by atoms with E-state index in [4.69, 9.17) is 17.3 Å². The third kappa shape index (κ3) is 4.71. The number of sulfone groups is 1. The molecule has 1 fully saturated rings. The van der Waals surface area contributed by atoms with Gasteiger partial charge in [-0.25, -0.2) is 8.42 Å². The molecule has 1 aliphatic rings. The van der Waals surface area contributed by atoms with Gasteiger partial charge in [0.15, 0.2) is 14.6 Å². The van der Waals surface area contributed by atoms with Gasteiger partial charge in [0, 0.05) is 17.6 Å². The van der Waals surface area contributed by atoms with Gasteiger partial charge in [0.2, 0.25) is 5.91 Å². The molecule has 1 aromatic rings. The molecule has 0 radical (unpaired) electrons. The van der Waals surface area contributed by atoms with Gasteiger partial charge in [0.05, 0.1) is 4.90 Å². The summed E-state index contributed by atoms with van der Waals surface area (Å²) in [6.07, 6.45) is 4.84. The van der Waals surface area contributed by atoms with Crippen LogP contribution in [-0.2, 0) is 14.6 Å². The summed E-state index contributed by atoms with van der Waals surface area (Å²) in [5, 5.41) is 3.37. The highest BCUT2D eigenvalue weighted by atomic mass is 35.5. The molecule has 0 aliphatic heterocycles. The summed E-state index contributed by atoms with van der Waals surface area (Å²) >= 11 is 5.87. The fourth-order valence-electron chi connectivity index (χ4n) is 3.42. The van der Waals surface area contributed by atoms with E-state index >= 15 is 0 Å². The highest BCUT2D eigenvalue weighted by Crippen LogP contribution is 2.41. The molecule has 1 aliphatic carbocycles. The van der Waals surface area contributed by atoms with Crippen molar-refractivity contribution in [1.29, 1.82) is 0 Å². The lowest BCUT2D eigenvalue weighted by Crippen LogP contribution is -2.54. The van der Waals surface area contributed by atoms with Crippen molar-refractivity contribution in [2.75, 3.05) is 6.54 Å². The topological polar surface area (TPSA) is 89.3 Å². The summed E-state index contributed by atoms with van der Waals surface area (Å²) in [6.45, 7) is 2.38. The number of hydrogen-bond donors (Lipinski definition) is 2. The summed E-state index contributed by atoms with van der Waals surface area (Å²) in [5.41, 5.74) is 5.76. The van der Waals surface area contributed by atoms with Gasteiger partial charge in [-0.1, -0.05) is 44.2 Å². The Balaban J connectivity index is 0.00000338. The minimum atomic E-state index is -3.80. The highest BCUT2D eigenvalue weighted by molar-refractivity contribution is 7.93. The Morgan fingerprint density at radius 3 is 2.35 bits per heavy atom. The highest BCUT2D eigenvalue weighted by Gasteiger charge is 2.53. The lowest BCUT2D eigenvalue weighted by molar-refractivity contribution is -0.124. The molecule has 3 N–H and O–H groups in total. The van der Waals surface area contributed by atoms with E-state index in [1.165, 1.54) is 12.1 Å². The van der Waals surface area contributed by atoms with Crippen molar-refractivity contribution in [3.8, 4) is 0 Å². The molecule has 148 valence electrons. The van der Waals surface area contributed by atoms with Crippen molar-refractivity contribution in [3.05, 3.63) is 29.3 Å². The van der Waals surface area contributed by atoms with Gasteiger partial charge >= 0.3 is 0 Å². The van der Waals surface area contributed by atoms with Gasteiger partial charge in [-0.15, -0.1) is 12.4 Å². The smallest absolute Gasteiger partial charge is 0.242 e. The monoisotopic (exact) mass is 422 g/mol. The van der Waals surface area contributed by atoms with Crippen LogP contribution >= 0.6 is 24.0 Å². The predicted molar refractivity (Wildman–Crippen MR) is 108 cm³/mol. The van der Waals surface area contributed by atoms with Gasteiger partial charge in [0.1, 0.15) is 0 Å². The number of hydrogen-bond acceptors (Lipinski definition) is 4. The van der Waals surface area contributed by atoms with Crippen LogP contribution in [0.25, 0.3) is 0 Å². The minimum absolute atomic E-state index is 0. The molecule has 5 nitrogen and oxygen atoms in total. The Hall–Kier alpha value is -0.820. The third-order valence-corrected chi connectivity index (χ3v) is 7.76. The molecule has 1 amide bonds. The molecular formula is C18H28Cl2N2O3S. The number of unbranched alkanes of at least 4 members (excludes halogenated alkanes) is 1. The predicted octanol–water partition coefficient (Wildman–Crippen LogP) is 3.48. The summed E-state index contributed by atoms with van der Waals surface area (Å²) in [5.74, 6) is -0.411. The van der Waals surface area contributed by atoms with Crippen LogP contribution in [0.1, 0.15) is 51.9 Å². The Bertz CT molecular complexity index is 687. The van der Waals surface area contributed by atoms with Crippen molar-refractivity contribution in [2.24, 2.45) is 5.73 Å². The number of nitrogens with one attached hydrogen (secondary N) is 1. The fraction of sp³-hybridized carbons (Fsp3) is 0.611. The largest absolute Gasteiger partial charge is 0.351 e. The SMILES string of the molecule is CCCCC(CN)NC(=O)C1(S(=O)(=O)c2ccc(Cl)cc2)CCCC1.Cl. The first-order chi connectivity index (χ1) is 11.9. The first kappa shape index (κ1) is 23.2. The molecule has 26 heavy (non-hydrogen) atoms. The van der Waals surface area contributed by atoms with E-state index in [0.717, 1.165) is 32.1 Å². The molecular weight excluding hydrogens is 395 g/mol. The van der Waals surface area contributed by atoms with Gasteiger partial charge in [-0.05, 0) is 43.5 Å². The quantitative estimate of drug-likeness (QED) is 0.670. The van der Waals surface area contributed by atoms with Crippen LogP contribution in [0.5, 0.6) is 0 Å². The maximum absolute atomic E-state index is 13.3. The summed E-state index contributed by atoms with van der Waals surface area (Å²) in [7, 11) is -3.80. The maximum Gasteiger partial charge on any atom is 0.242 e. The van der Waals surface area contributed by atoms with Crippen molar-refractivity contribution in [1.82, 2.24) is 5.32 Å². The standard InChI is InChI=1S/C18H27ClN2O3S.ClH/c1-2-3-6-15(13-20)21-17(22)18(11-4-5-12-18)25(23,24)16-9-7-14(19)8-10-16;/h7-10,15H,2-6,11-13,20H2,1H3,(H,21,22);1H. The molecule has 1 saturated carbocycles. The second-order valence-corrected chi connectivity index (χ2v) is 9.40. The lowest BCUT2D eigenvalue weighted by atomic mass is 10.0. The molecule has 8 heteroatoms. The zero-order chi connectivity index (χ0) is 18.5. The first-order valence-electron chi connectivity index (χ1n) is 8.88. The van der Waals surface area contributed by atoms with Crippen LogP contribution in [0.3, 0.4) is 0 Å². The Labute approximate surface area is 167 Å². The van der Waals surface area contributed by atoms with Gasteiger partial charge in [0.25, 0.3) is 0 Å². The second kappa shape index (κ2) is 9.93. The Morgan fingerprint density at radius 2 is 1.85 bits per heavy atom. The molecule has 1 unspecified atom stereocenters. The third-order valence-electron chi connectivity index (χ3n) is 4.99. The molecule has 2 rings (SSSR count).